The molecule has 2 rings (SSSR count). The number of carbonyl (C=O) groups is 1. The second kappa shape index (κ2) is 6.73. The van der Waals surface area contributed by atoms with Crippen LogP contribution in [0.5, 0.6) is 5.75 Å². The number of benzene rings is 1. The summed E-state index contributed by atoms with van der Waals surface area (Å²) in [5.41, 5.74) is -0.248. The first kappa shape index (κ1) is 14.8. The minimum absolute atomic E-state index is 0.0572. The number of nitrogens with one attached hydrogen (secondary N) is 1. The van der Waals surface area contributed by atoms with Crippen LogP contribution in [0.3, 0.4) is 0 Å². The molecule has 0 bridgehead atoms. The van der Waals surface area contributed by atoms with E-state index < -0.39 is 11.7 Å². The largest absolute Gasteiger partial charge is 0.507 e. The SMILES string of the molecule is CCC(NC(=O)c1c(O)cccc1F)C1CCCCC1. The molecule has 0 radical (unpaired) electrons. The molecular formula is C16H22FNO2. The Bertz CT molecular complexity index is 449. The molecule has 1 aromatic carbocycles. The van der Waals surface area contributed by atoms with E-state index in [1.54, 1.807) is 0 Å². The Labute approximate surface area is 119 Å². The molecular weight excluding hydrogens is 257 g/mol. The van der Waals surface area contributed by atoms with Crippen LogP contribution < -0.4 is 5.32 Å². The number of amides is 1. The summed E-state index contributed by atoms with van der Waals surface area (Å²) < 4.78 is 13.7. The lowest BCUT2D eigenvalue weighted by atomic mass is 9.83. The molecule has 0 aromatic heterocycles. The number of halogens is 1. The molecule has 0 saturated heterocycles. The summed E-state index contributed by atoms with van der Waals surface area (Å²) in [5.74, 6) is -1.04. The lowest BCUT2D eigenvalue weighted by Gasteiger charge is -2.30. The van der Waals surface area contributed by atoms with Crippen molar-refractivity contribution in [1.29, 1.82) is 0 Å². The standard InChI is InChI=1S/C16H22FNO2/c1-2-13(11-7-4-3-5-8-11)18-16(20)15-12(17)9-6-10-14(15)19/h6,9-11,13,19H,2-5,7-8H2,1H3,(H,18,20). The van der Waals surface area contributed by atoms with Crippen molar-refractivity contribution in [2.24, 2.45) is 5.92 Å². The lowest BCUT2D eigenvalue weighted by Crippen LogP contribution is -2.41. The van der Waals surface area contributed by atoms with Crippen LogP contribution in [-0.2, 0) is 0 Å². The van der Waals surface area contributed by atoms with Gasteiger partial charge in [0.1, 0.15) is 17.1 Å². The maximum Gasteiger partial charge on any atom is 0.258 e. The second-order valence-electron chi connectivity index (χ2n) is 5.52. The zero-order valence-corrected chi connectivity index (χ0v) is 11.9. The van der Waals surface area contributed by atoms with Crippen molar-refractivity contribution in [3.8, 4) is 5.75 Å². The number of hydrogen-bond acceptors (Lipinski definition) is 2. The van der Waals surface area contributed by atoms with Gasteiger partial charge in [-0.15, -0.1) is 0 Å². The molecule has 3 nitrogen and oxygen atoms in total. The summed E-state index contributed by atoms with van der Waals surface area (Å²) in [6, 6.07) is 3.97. The first-order valence-electron chi connectivity index (χ1n) is 7.41. The van der Waals surface area contributed by atoms with Gasteiger partial charge in [-0.3, -0.25) is 4.79 Å². The fraction of sp³-hybridized carbons (Fsp3) is 0.562. The molecule has 4 heteroatoms. The smallest absolute Gasteiger partial charge is 0.258 e. The number of phenols is 1. The van der Waals surface area contributed by atoms with Crippen LogP contribution >= 0.6 is 0 Å². The third-order valence-corrected chi connectivity index (χ3v) is 4.19. The van der Waals surface area contributed by atoms with Crippen molar-refractivity contribution in [2.45, 2.75) is 51.5 Å². The van der Waals surface area contributed by atoms with E-state index in [0.29, 0.717) is 5.92 Å². The molecule has 1 saturated carbocycles. The fourth-order valence-electron chi connectivity index (χ4n) is 3.07. The first-order valence-corrected chi connectivity index (χ1v) is 7.41. The average molecular weight is 279 g/mol. The predicted molar refractivity (Wildman–Crippen MR) is 76.2 cm³/mol. The van der Waals surface area contributed by atoms with Gasteiger partial charge in [-0.25, -0.2) is 4.39 Å². The number of phenolic OH excluding ortho intramolecular Hbond substituents is 1. The van der Waals surface area contributed by atoms with E-state index in [0.717, 1.165) is 19.3 Å². The van der Waals surface area contributed by atoms with Crippen LogP contribution in [0.2, 0.25) is 0 Å². The Kier molecular flexibility index (Phi) is 4.99. The molecule has 1 aromatic rings. The van der Waals surface area contributed by atoms with Gasteiger partial charge < -0.3 is 10.4 Å². The fourth-order valence-corrected chi connectivity index (χ4v) is 3.07. The van der Waals surface area contributed by atoms with Gasteiger partial charge >= 0.3 is 0 Å². The quantitative estimate of drug-likeness (QED) is 0.884. The summed E-state index contributed by atoms with van der Waals surface area (Å²) in [7, 11) is 0. The van der Waals surface area contributed by atoms with Crippen LogP contribution in [0.1, 0.15) is 55.8 Å². The molecule has 1 amide bonds. The van der Waals surface area contributed by atoms with Crippen molar-refractivity contribution in [3.05, 3.63) is 29.6 Å². The second-order valence-corrected chi connectivity index (χ2v) is 5.52. The maximum absolute atomic E-state index is 13.7. The van der Waals surface area contributed by atoms with Crippen LogP contribution in [0, 0.1) is 11.7 Å². The summed E-state index contributed by atoms with van der Waals surface area (Å²) in [4.78, 5) is 12.2. The number of rotatable bonds is 4. The van der Waals surface area contributed by atoms with Gasteiger partial charge in [0.2, 0.25) is 0 Å². The molecule has 1 unspecified atom stereocenters. The van der Waals surface area contributed by atoms with Gasteiger partial charge in [0, 0.05) is 6.04 Å². The minimum atomic E-state index is -0.680. The molecule has 2 N–H and O–H groups in total. The van der Waals surface area contributed by atoms with Crippen LogP contribution in [-0.4, -0.2) is 17.1 Å². The highest BCUT2D eigenvalue weighted by Gasteiger charge is 2.26. The summed E-state index contributed by atoms with van der Waals surface area (Å²) in [5, 5.41) is 12.6. The average Bonchev–Trinajstić information content (AvgIpc) is 2.45. The summed E-state index contributed by atoms with van der Waals surface area (Å²) >= 11 is 0. The number of aromatic hydroxyl groups is 1. The third kappa shape index (κ3) is 3.30. The molecule has 1 aliphatic carbocycles. The summed E-state index contributed by atoms with van der Waals surface area (Å²) in [6.45, 7) is 2.03. The van der Waals surface area contributed by atoms with Gasteiger partial charge in [-0.05, 0) is 37.3 Å². The Morgan fingerprint density at radius 3 is 2.70 bits per heavy atom. The van der Waals surface area contributed by atoms with Crippen molar-refractivity contribution < 1.29 is 14.3 Å². The maximum atomic E-state index is 13.7. The molecule has 1 atom stereocenters. The van der Waals surface area contributed by atoms with Crippen molar-refractivity contribution in [2.75, 3.05) is 0 Å². The van der Waals surface area contributed by atoms with Crippen LogP contribution in [0.4, 0.5) is 4.39 Å². The topological polar surface area (TPSA) is 49.3 Å². The molecule has 0 aliphatic heterocycles. The normalized spacial score (nSPS) is 17.7. The van der Waals surface area contributed by atoms with E-state index in [9.17, 15) is 14.3 Å². The Morgan fingerprint density at radius 2 is 2.10 bits per heavy atom. The first-order chi connectivity index (χ1) is 9.63. The zero-order valence-electron chi connectivity index (χ0n) is 11.9. The molecule has 20 heavy (non-hydrogen) atoms. The highest BCUT2D eigenvalue weighted by molar-refractivity contribution is 5.97. The number of carbonyl (C=O) groups excluding carboxylic acids is 1. The van der Waals surface area contributed by atoms with E-state index in [4.69, 9.17) is 0 Å². The van der Waals surface area contributed by atoms with E-state index in [1.165, 1.54) is 37.5 Å². The van der Waals surface area contributed by atoms with Crippen molar-refractivity contribution in [1.82, 2.24) is 5.32 Å². The van der Waals surface area contributed by atoms with Gasteiger partial charge in [-0.1, -0.05) is 32.3 Å². The molecule has 110 valence electrons. The van der Waals surface area contributed by atoms with Crippen molar-refractivity contribution >= 4 is 5.91 Å². The molecule has 1 fully saturated rings. The van der Waals surface area contributed by atoms with E-state index in [1.807, 2.05) is 6.92 Å². The van der Waals surface area contributed by atoms with Gasteiger partial charge in [0.05, 0.1) is 0 Å². The van der Waals surface area contributed by atoms with Crippen molar-refractivity contribution in [3.63, 3.8) is 0 Å². The summed E-state index contributed by atoms with van der Waals surface area (Å²) in [6.07, 6.45) is 6.70. The molecule has 1 aliphatic rings. The van der Waals surface area contributed by atoms with Crippen LogP contribution in [0.15, 0.2) is 18.2 Å². The van der Waals surface area contributed by atoms with E-state index >= 15 is 0 Å². The zero-order chi connectivity index (χ0) is 14.5. The van der Waals surface area contributed by atoms with E-state index in [2.05, 4.69) is 5.32 Å². The Morgan fingerprint density at radius 1 is 1.40 bits per heavy atom. The van der Waals surface area contributed by atoms with Crippen LogP contribution in [0.25, 0.3) is 0 Å². The Balaban J connectivity index is 2.09. The van der Waals surface area contributed by atoms with E-state index in [-0.39, 0.29) is 17.4 Å². The number of hydrogen-bond donors (Lipinski definition) is 2. The molecule has 0 heterocycles. The third-order valence-electron chi connectivity index (χ3n) is 4.19. The highest BCUT2D eigenvalue weighted by atomic mass is 19.1. The van der Waals surface area contributed by atoms with Gasteiger partial charge in [0.15, 0.2) is 0 Å². The Hall–Kier alpha value is -1.58. The minimum Gasteiger partial charge on any atom is -0.507 e. The predicted octanol–water partition coefficient (Wildman–Crippen LogP) is 3.62. The lowest BCUT2D eigenvalue weighted by molar-refractivity contribution is 0.0904. The molecule has 0 spiro atoms. The van der Waals surface area contributed by atoms with Gasteiger partial charge in [-0.2, -0.15) is 0 Å². The monoisotopic (exact) mass is 279 g/mol. The highest BCUT2D eigenvalue weighted by Crippen LogP contribution is 2.28. The van der Waals surface area contributed by atoms with Gasteiger partial charge in [0.25, 0.3) is 5.91 Å².